The summed E-state index contributed by atoms with van der Waals surface area (Å²) in [4.78, 5) is 29.8. The SMILES string of the molecule is Cc1cn(-c2cc(NC(=O)c3ccccc3)c(Nc3nccc(-c4cccnc4)n3)c(C(F)(F)F)c2C)cn1. The Kier molecular flexibility index (Phi) is 6.80. The molecular weight excluding hydrogens is 507 g/mol. The Bertz CT molecular complexity index is 1630. The second-order valence-corrected chi connectivity index (χ2v) is 8.69. The van der Waals surface area contributed by atoms with Gasteiger partial charge in [-0.3, -0.25) is 9.78 Å². The molecule has 0 bridgehead atoms. The lowest BCUT2D eigenvalue weighted by atomic mass is 10.0. The summed E-state index contributed by atoms with van der Waals surface area (Å²) in [5, 5.41) is 5.39. The highest BCUT2D eigenvalue weighted by Gasteiger charge is 2.38. The van der Waals surface area contributed by atoms with Crippen molar-refractivity contribution in [2.24, 2.45) is 0 Å². The fourth-order valence-corrected chi connectivity index (χ4v) is 4.16. The fourth-order valence-electron chi connectivity index (χ4n) is 4.16. The van der Waals surface area contributed by atoms with Crippen molar-refractivity contribution in [1.29, 1.82) is 0 Å². The molecule has 0 saturated carbocycles. The Balaban J connectivity index is 1.67. The maximum atomic E-state index is 14.7. The molecular formula is C28H22F3N7O. The molecule has 3 heterocycles. The van der Waals surface area contributed by atoms with E-state index in [1.165, 1.54) is 30.1 Å². The number of alkyl halides is 3. The maximum absolute atomic E-state index is 14.7. The minimum Gasteiger partial charge on any atom is -0.322 e. The van der Waals surface area contributed by atoms with Crippen LogP contribution in [-0.2, 0) is 6.18 Å². The van der Waals surface area contributed by atoms with Gasteiger partial charge in [0.2, 0.25) is 5.95 Å². The first-order valence-electron chi connectivity index (χ1n) is 11.8. The molecule has 0 radical (unpaired) electrons. The van der Waals surface area contributed by atoms with Crippen LogP contribution in [-0.4, -0.2) is 30.4 Å². The van der Waals surface area contributed by atoms with Gasteiger partial charge in [-0.25, -0.2) is 15.0 Å². The molecule has 0 saturated heterocycles. The van der Waals surface area contributed by atoms with Gasteiger partial charge < -0.3 is 15.2 Å². The van der Waals surface area contributed by atoms with E-state index in [-0.39, 0.29) is 34.1 Å². The van der Waals surface area contributed by atoms with Crippen LogP contribution in [0, 0.1) is 13.8 Å². The summed E-state index contributed by atoms with van der Waals surface area (Å²) in [5.74, 6) is -0.656. The van der Waals surface area contributed by atoms with Crippen molar-refractivity contribution in [3.8, 4) is 16.9 Å². The van der Waals surface area contributed by atoms with E-state index in [9.17, 15) is 18.0 Å². The molecule has 0 aliphatic rings. The molecule has 0 aliphatic carbocycles. The van der Waals surface area contributed by atoms with Crippen LogP contribution in [0.4, 0.5) is 30.5 Å². The van der Waals surface area contributed by atoms with Crippen LogP contribution in [0.2, 0.25) is 0 Å². The van der Waals surface area contributed by atoms with Gasteiger partial charge in [-0.1, -0.05) is 18.2 Å². The largest absolute Gasteiger partial charge is 0.418 e. The maximum Gasteiger partial charge on any atom is 0.418 e. The van der Waals surface area contributed by atoms with Crippen LogP contribution in [0.5, 0.6) is 0 Å². The molecule has 0 fully saturated rings. The van der Waals surface area contributed by atoms with Crippen molar-refractivity contribution in [2.45, 2.75) is 20.0 Å². The van der Waals surface area contributed by atoms with Crippen molar-refractivity contribution >= 4 is 23.2 Å². The van der Waals surface area contributed by atoms with Crippen molar-refractivity contribution in [3.63, 3.8) is 0 Å². The minimum atomic E-state index is -4.79. The normalized spacial score (nSPS) is 11.3. The summed E-state index contributed by atoms with van der Waals surface area (Å²) in [6, 6.07) is 14.8. The highest BCUT2D eigenvalue weighted by atomic mass is 19.4. The van der Waals surface area contributed by atoms with Gasteiger partial charge in [-0.2, -0.15) is 13.2 Å². The summed E-state index contributed by atoms with van der Waals surface area (Å²) in [6.07, 6.45) is 2.87. The first kappa shape index (κ1) is 25.6. The average molecular weight is 530 g/mol. The number of hydrogen-bond donors (Lipinski definition) is 2. The first-order valence-corrected chi connectivity index (χ1v) is 11.8. The van der Waals surface area contributed by atoms with Crippen molar-refractivity contribution < 1.29 is 18.0 Å². The first-order chi connectivity index (χ1) is 18.7. The average Bonchev–Trinajstić information content (AvgIpc) is 3.36. The van der Waals surface area contributed by atoms with Crippen LogP contribution in [0.25, 0.3) is 16.9 Å². The second kappa shape index (κ2) is 10.4. The van der Waals surface area contributed by atoms with Crippen LogP contribution in [0.3, 0.4) is 0 Å². The quantitative estimate of drug-likeness (QED) is 0.266. The van der Waals surface area contributed by atoms with Gasteiger partial charge in [0.1, 0.15) is 0 Å². The number of nitrogens with zero attached hydrogens (tertiary/aromatic N) is 5. The number of hydrogen-bond acceptors (Lipinski definition) is 6. The highest BCUT2D eigenvalue weighted by molar-refractivity contribution is 6.06. The zero-order chi connectivity index (χ0) is 27.6. The number of anilines is 3. The van der Waals surface area contributed by atoms with E-state index < -0.39 is 17.6 Å². The van der Waals surface area contributed by atoms with E-state index in [4.69, 9.17) is 0 Å². The van der Waals surface area contributed by atoms with Crippen molar-refractivity contribution in [2.75, 3.05) is 10.6 Å². The molecule has 5 aromatic rings. The third-order valence-corrected chi connectivity index (χ3v) is 5.97. The predicted molar refractivity (Wildman–Crippen MR) is 141 cm³/mol. The molecule has 39 heavy (non-hydrogen) atoms. The molecule has 196 valence electrons. The lowest BCUT2D eigenvalue weighted by Crippen LogP contribution is -2.19. The molecule has 0 unspecified atom stereocenters. The topological polar surface area (TPSA) is 97.6 Å². The van der Waals surface area contributed by atoms with Gasteiger partial charge in [0, 0.05) is 35.9 Å². The summed E-state index contributed by atoms with van der Waals surface area (Å²) in [7, 11) is 0. The zero-order valence-electron chi connectivity index (χ0n) is 20.9. The van der Waals surface area contributed by atoms with E-state index in [1.54, 1.807) is 74.0 Å². The third-order valence-electron chi connectivity index (χ3n) is 5.97. The number of carbonyl (C=O) groups is 1. The van der Waals surface area contributed by atoms with Crippen molar-refractivity contribution in [1.82, 2.24) is 24.5 Å². The molecule has 5 rings (SSSR count). The van der Waals surface area contributed by atoms with Crippen LogP contribution in [0.1, 0.15) is 27.2 Å². The number of carbonyl (C=O) groups excluding carboxylic acids is 1. The van der Waals surface area contributed by atoms with E-state index >= 15 is 0 Å². The molecule has 2 N–H and O–H groups in total. The van der Waals surface area contributed by atoms with E-state index in [0.717, 1.165) is 0 Å². The van der Waals surface area contributed by atoms with Crippen molar-refractivity contribution in [3.05, 3.63) is 108 Å². The summed E-state index contributed by atoms with van der Waals surface area (Å²) in [6.45, 7) is 3.10. The minimum absolute atomic E-state index is 0.0662. The molecule has 3 aromatic heterocycles. The van der Waals surface area contributed by atoms with Gasteiger partial charge >= 0.3 is 6.18 Å². The van der Waals surface area contributed by atoms with E-state index in [2.05, 4.69) is 30.6 Å². The lowest BCUT2D eigenvalue weighted by Gasteiger charge is -2.23. The zero-order valence-corrected chi connectivity index (χ0v) is 20.9. The summed E-state index contributed by atoms with van der Waals surface area (Å²) < 4.78 is 45.5. The van der Waals surface area contributed by atoms with Gasteiger partial charge in [0.25, 0.3) is 5.91 Å². The Morgan fingerprint density at radius 2 is 1.77 bits per heavy atom. The number of rotatable bonds is 6. The number of aromatic nitrogens is 5. The number of benzene rings is 2. The van der Waals surface area contributed by atoms with E-state index in [1.807, 2.05) is 0 Å². The molecule has 8 nitrogen and oxygen atoms in total. The molecule has 0 atom stereocenters. The molecule has 2 aromatic carbocycles. The third kappa shape index (κ3) is 5.47. The Morgan fingerprint density at radius 3 is 2.44 bits per heavy atom. The highest BCUT2D eigenvalue weighted by Crippen LogP contribution is 2.44. The summed E-state index contributed by atoms with van der Waals surface area (Å²) in [5.41, 5.74) is 0.736. The number of imidazole rings is 1. The number of amides is 1. The fraction of sp³-hybridized carbons (Fsp3) is 0.107. The monoisotopic (exact) mass is 529 g/mol. The van der Waals surface area contributed by atoms with Gasteiger partial charge in [0.05, 0.1) is 40.3 Å². The number of aryl methyl sites for hydroxylation is 1. The Hall–Kier alpha value is -5.06. The van der Waals surface area contributed by atoms with Gasteiger partial charge in [-0.05, 0) is 55.8 Å². The smallest absolute Gasteiger partial charge is 0.322 e. The van der Waals surface area contributed by atoms with Gasteiger partial charge in [0.15, 0.2) is 0 Å². The predicted octanol–water partition coefficient (Wildman–Crippen LogP) is 6.36. The van der Waals surface area contributed by atoms with Crippen LogP contribution < -0.4 is 10.6 Å². The molecule has 1 amide bonds. The number of pyridine rings is 1. The summed E-state index contributed by atoms with van der Waals surface area (Å²) >= 11 is 0. The molecule has 0 aliphatic heterocycles. The standard InChI is InChI=1S/C28H22F3N7O/c1-17-15-38(16-34-17)23-13-22(35-26(39)19-7-4-3-5-8-19)25(24(18(23)2)28(29,30)31)37-27-33-12-10-21(36-27)20-9-6-11-32-14-20/h3-16H,1-2H3,(H,35,39)(H,33,36,37). The van der Waals surface area contributed by atoms with Crippen LogP contribution in [0.15, 0.2) is 85.7 Å². The molecule has 11 heteroatoms. The number of nitrogens with one attached hydrogen (secondary N) is 2. The lowest BCUT2D eigenvalue weighted by molar-refractivity contribution is -0.137. The second-order valence-electron chi connectivity index (χ2n) is 8.69. The van der Waals surface area contributed by atoms with Gasteiger partial charge in [-0.15, -0.1) is 0 Å². The van der Waals surface area contributed by atoms with E-state index in [0.29, 0.717) is 17.0 Å². The number of halogens is 3. The Morgan fingerprint density at radius 1 is 0.974 bits per heavy atom. The van der Waals surface area contributed by atoms with Crippen LogP contribution >= 0.6 is 0 Å². The Labute approximate surface area is 221 Å². The molecule has 0 spiro atoms.